The van der Waals surface area contributed by atoms with Gasteiger partial charge < -0.3 is 0 Å². The van der Waals surface area contributed by atoms with Crippen molar-refractivity contribution in [3.63, 3.8) is 0 Å². The fourth-order valence-electron chi connectivity index (χ4n) is 2.47. The number of para-hydroxylation sites is 1. The van der Waals surface area contributed by atoms with Crippen LogP contribution in [0.15, 0.2) is 54.6 Å². The van der Waals surface area contributed by atoms with E-state index in [9.17, 15) is 4.39 Å². The van der Waals surface area contributed by atoms with Crippen LogP contribution in [0.2, 0.25) is 0 Å². The van der Waals surface area contributed by atoms with Gasteiger partial charge in [-0.05, 0) is 42.3 Å². The van der Waals surface area contributed by atoms with Crippen LogP contribution in [0.3, 0.4) is 0 Å². The average molecular weight is 300 g/mol. The molecule has 21 heavy (non-hydrogen) atoms. The molecule has 0 aliphatic heterocycles. The first-order chi connectivity index (χ1) is 10.1. The van der Waals surface area contributed by atoms with Crippen molar-refractivity contribution in [1.29, 1.82) is 0 Å². The highest BCUT2D eigenvalue weighted by atomic mass is 35.5. The van der Waals surface area contributed by atoms with Gasteiger partial charge in [0.25, 0.3) is 0 Å². The molecule has 0 aliphatic carbocycles. The Balaban J connectivity index is 1.86. The fraction of sp³-hybridized carbons (Fsp3) is 0.167. The van der Waals surface area contributed by atoms with Gasteiger partial charge in [0.2, 0.25) is 0 Å². The lowest BCUT2D eigenvalue weighted by molar-refractivity contribution is 0.623. The molecule has 1 nitrogen and oxygen atoms in total. The summed E-state index contributed by atoms with van der Waals surface area (Å²) in [6, 6.07) is 16.9. The van der Waals surface area contributed by atoms with Crippen LogP contribution in [0.4, 0.5) is 4.39 Å². The van der Waals surface area contributed by atoms with E-state index in [1.165, 1.54) is 12.1 Å². The minimum Gasteiger partial charge on any atom is -0.253 e. The Hall–Kier alpha value is -1.93. The molecule has 0 radical (unpaired) electrons. The first-order valence-corrected chi connectivity index (χ1v) is 7.31. The van der Waals surface area contributed by atoms with Gasteiger partial charge in [0, 0.05) is 17.5 Å². The molecule has 0 spiro atoms. The van der Waals surface area contributed by atoms with E-state index in [1.54, 1.807) is 0 Å². The molecule has 1 atom stereocenters. The Labute approximate surface area is 128 Å². The van der Waals surface area contributed by atoms with Crippen LogP contribution in [0.25, 0.3) is 10.9 Å². The third-order valence-electron chi connectivity index (χ3n) is 3.47. The Morgan fingerprint density at radius 1 is 1.10 bits per heavy atom. The van der Waals surface area contributed by atoms with Gasteiger partial charge >= 0.3 is 0 Å². The summed E-state index contributed by atoms with van der Waals surface area (Å²) in [5.74, 6) is -0.248. The van der Waals surface area contributed by atoms with E-state index in [1.807, 2.05) is 49.4 Å². The summed E-state index contributed by atoms with van der Waals surface area (Å²) in [7, 11) is 0. The third kappa shape index (κ3) is 3.22. The molecule has 1 unspecified atom stereocenters. The standard InChI is InChI=1S/C18H15ClFN/c1-12-8-14(10-15(20)9-12)17(19)11-16-7-6-13-4-2-3-5-18(13)21-16/h2-10,17H,11H2,1H3. The molecular formula is C18H15ClFN. The minimum atomic E-state index is -0.284. The van der Waals surface area contributed by atoms with E-state index >= 15 is 0 Å². The minimum absolute atomic E-state index is 0.248. The van der Waals surface area contributed by atoms with Gasteiger partial charge in [0.15, 0.2) is 0 Å². The maximum absolute atomic E-state index is 13.5. The molecule has 0 amide bonds. The summed E-state index contributed by atoms with van der Waals surface area (Å²) in [5, 5.41) is 0.821. The second-order valence-electron chi connectivity index (χ2n) is 5.23. The van der Waals surface area contributed by atoms with Crippen molar-refractivity contribution in [3.8, 4) is 0 Å². The summed E-state index contributed by atoms with van der Waals surface area (Å²) in [6.45, 7) is 1.87. The van der Waals surface area contributed by atoms with E-state index in [0.29, 0.717) is 6.42 Å². The molecule has 0 fully saturated rings. The van der Waals surface area contributed by atoms with Crippen LogP contribution in [0.1, 0.15) is 22.2 Å². The molecular weight excluding hydrogens is 285 g/mol. The number of alkyl halides is 1. The van der Waals surface area contributed by atoms with E-state index in [0.717, 1.165) is 27.7 Å². The SMILES string of the molecule is Cc1cc(F)cc(C(Cl)Cc2ccc3ccccc3n2)c1. The normalized spacial score (nSPS) is 12.5. The van der Waals surface area contributed by atoms with Crippen molar-refractivity contribution in [3.05, 3.63) is 77.2 Å². The van der Waals surface area contributed by atoms with Gasteiger partial charge in [-0.25, -0.2) is 4.39 Å². The molecule has 0 saturated heterocycles. The van der Waals surface area contributed by atoms with Gasteiger partial charge in [-0.15, -0.1) is 11.6 Å². The van der Waals surface area contributed by atoms with E-state index in [-0.39, 0.29) is 11.2 Å². The number of fused-ring (bicyclic) bond motifs is 1. The van der Waals surface area contributed by atoms with Crippen molar-refractivity contribution < 1.29 is 4.39 Å². The van der Waals surface area contributed by atoms with Crippen LogP contribution in [0, 0.1) is 12.7 Å². The molecule has 3 aromatic rings. The predicted octanol–water partition coefficient (Wildman–Crippen LogP) is 5.20. The largest absolute Gasteiger partial charge is 0.253 e. The monoisotopic (exact) mass is 299 g/mol. The molecule has 2 aromatic carbocycles. The smallest absolute Gasteiger partial charge is 0.123 e. The molecule has 0 bridgehead atoms. The first kappa shape index (κ1) is 14.0. The molecule has 0 N–H and O–H groups in total. The molecule has 106 valence electrons. The predicted molar refractivity (Wildman–Crippen MR) is 85.2 cm³/mol. The number of pyridine rings is 1. The highest BCUT2D eigenvalue weighted by Gasteiger charge is 2.12. The summed E-state index contributed by atoms with van der Waals surface area (Å²) >= 11 is 6.43. The van der Waals surface area contributed by atoms with Crippen molar-refractivity contribution in [1.82, 2.24) is 4.98 Å². The zero-order valence-electron chi connectivity index (χ0n) is 11.7. The van der Waals surface area contributed by atoms with E-state index < -0.39 is 0 Å². The second-order valence-corrected chi connectivity index (χ2v) is 5.76. The summed E-state index contributed by atoms with van der Waals surface area (Å²) < 4.78 is 13.5. The number of rotatable bonds is 3. The van der Waals surface area contributed by atoms with Gasteiger partial charge in [0.05, 0.1) is 10.9 Å². The number of aromatic nitrogens is 1. The van der Waals surface area contributed by atoms with Crippen molar-refractivity contribution in [2.45, 2.75) is 18.7 Å². The molecule has 3 rings (SSSR count). The van der Waals surface area contributed by atoms with Crippen LogP contribution < -0.4 is 0 Å². The number of hydrogen-bond donors (Lipinski definition) is 0. The zero-order chi connectivity index (χ0) is 14.8. The molecule has 1 heterocycles. The van der Waals surface area contributed by atoms with Gasteiger partial charge in [-0.2, -0.15) is 0 Å². The number of benzene rings is 2. The molecule has 1 aromatic heterocycles. The average Bonchev–Trinajstić information content (AvgIpc) is 2.46. The number of halogens is 2. The zero-order valence-corrected chi connectivity index (χ0v) is 12.4. The van der Waals surface area contributed by atoms with Crippen molar-refractivity contribution in [2.24, 2.45) is 0 Å². The van der Waals surface area contributed by atoms with Gasteiger partial charge in [-0.1, -0.05) is 30.3 Å². The van der Waals surface area contributed by atoms with Crippen LogP contribution in [-0.4, -0.2) is 4.98 Å². The highest BCUT2D eigenvalue weighted by molar-refractivity contribution is 6.20. The Kier molecular flexibility index (Phi) is 3.89. The number of hydrogen-bond acceptors (Lipinski definition) is 1. The fourth-order valence-corrected chi connectivity index (χ4v) is 2.75. The summed E-state index contributed by atoms with van der Waals surface area (Å²) in [5.41, 5.74) is 3.54. The second kappa shape index (κ2) is 5.82. The van der Waals surface area contributed by atoms with Gasteiger partial charge in [0.1, 0.15) is 5.82 Å². The number of aryl methyl sites for hydroxylation is 1. The van der Waals surface area contributed by atoms with E-state index in [4.69, 9.17) is 11.6 Å². The third-order valence-corrected chi connectivity index (χ3v) is 3.88. The lowest BCUT2D eigenvalue weighted by Crippen LogP contribution is -1.99. The van der Waals surface area contributed by atoms with Crippen LogP contribution in [0.5, 0.6) is 0 Å². The number of nitrogens with zero attached hydrogens (tertiary/aromatic N) is 1. The van der Waals surface area contributed by atoms with Crippen LogP contribution in [-0.2, 0) is 6.42 Å². The Morgan fingerprint density at radius 3 is 2.71 bits per heavy atom. The summed E-state index contributed by atoms with van der Waals surface area (Å²) in [4.78, 5) is 4.61. The Morgan fingerprint density at radius 2 is 1.90 bits per heavy atom. The first-order valence-electron chi connectivity index (χ1n) is 6.87. The van der Waals surface area contributed by atoms with Crippen LogP contribution >= 0.6 is 11.6 Å². The Bertz CT molecular complexity index is 765. The van der Waals surface area contributed by atoms with Gasteiger partial charge in [-0.3, -0.25) is 4.98 Å². The molecule has 0 saturated carbocycles. The summed E-state index contributed by atoms with van der Waals surface area (Å²) in [6.07, 6.45) is 0.579. The quantitative estimate of drug-likeness (QED) is 0.605. The highest BCUT2D eigenvalue weighted by Crippen LogP contribution is 2.26. The lowest BCUT2D eigenvalue weighted by atomic mass is 10.0. The maximum Gasteiger partial charge on any atom is 0.123 e. The molecule has 0 aliphatic rings. The maximum atomic E-state index is 13.5. The lowest BCUT2D eigenvalue weighted by Gasteiger charge is -2.11. The topological polar surface area (TPSA) is 12.9 Å². The van der Waals surface area contributed by atoms with Crippen molar-refractivity contribution in [2.75, 3.05) is 0 Å². The van der Waals surface area contributed by atoms with E-state index in [2.05, 4.69) is 4.98 Å². The van der Waals surface area contributed by atoms with Crippen molar-refractivity contribution >= 4 is 22.5 Å². The molecule has 3 heteroatoms.